The van der Waals surface area contributed by atoms with Crippen LogP contribution in [0.1, 0.15) is 16.1 Å². The van der Waals surface area contributed by atoms with Crippen molar-refractivity contribution in [3.8, 4) is 0 Å². The molecule has 0 saturated carbocycles. The summed E-state index contributed by atoms with van der Waals surface area (Å²) in [5.74, 6) is -0.631. The second-order valence-electron chi connectivity index (χ2n) is 5.71. The molecule has 4 aromatic rings. The number of pyridine rings is 1. The summed E-state index contributed by atoms with van der Waals surface area (Å²) in [4.78, 5) is 19.8. The van der Waals surface area contributed by atoms with Crippen molar-refractivity contribution in [1.29, 1.82) is 0 Å². The standard InChI is InChI=1S/C19H13ClFN3O/c20-12-3-1-11(2-4-12)10-23-19(25)18-17-15(7-8-22-18)14-6-5-13(21)9-16(14)24-17/h1-9,24H,10H2,(H,23,25). The highest BCUT2D eigenvalue weighted by molar-refractivity contribution is 6.30. The number of amides is 1. The van der Waals surface area contributed by atoms with Crippen molar-refractivity contribution in [3.05, 3.63) is 76.8 Å². The minimum absolute atomic E-state index is 0.281. The summed E-state index contributed by atoms with van der Waals surface area (Å²) in [6.45, 7) is 0.364. The van der Waals surface area contributed by atoms with Gasteiger partial charge in [-0.15, -0.1) is 0 Å². The van der Waals surface area contributed by atoms with E-state index in [2.05, 4.69) is 15.3 Å². The van der Waals surface area contributed by atoms with Gasteiger partial charge in [-0.05, 0) is 42.0 Å². The maximum Gasteiger partial charge on any atom is 0.272 e. The van der Waals surface area contributed by atoms with Gasteiger partial charge in [-0.1, -0.05) is 23.7 Å². The monoisotopic (exact) mass is 353 g/mol. The van der Waals surface area contributed by atoms with Crippen molar-refractivity contribution < 1.29 is 9.18 Å². The first-order valence-corrected chi connectivity index (χ1v) is 8.08. The molecule has 0 saturated heterocycles. The Morgan fingerprint density at radius 3 is 2.72 bits per heavy atom. The lowest BCUT2D eigenvalue weighted by Gasteiger charge is -2.06. The minimum atomic E-state index is -0.333. The molecule has 2 N–H and O–H groups in total. The molecule has 0 aliphatic heterocycles. The Bertz CT molecular complexity index is 1090. The van der Waals surface area contributed by atoms with Gasteiger partial charge in [-0.25, -0.2) is 9.37 Å². The molecular formula is C19H13ClFN3O. The van der Waals surface area contributed by atoms with Crippen LogP contribution in [0, 0.1) is 5.82 Å². The van der Waals surface area contributed by atoms with Crippen molar-refractivity contribution >= 4 is 39.3 Å². The van der Waals surface area contributed by atoms with E-state index in [-0.39, 0.29) is 17.4 Å². The van der Waals surface area contributed by atoms with Crippen molar-refractivity contribution in [2.24, 2.45) is 0 Å². The molecule has 6 heteroatoms. The zero-order valence-corrected chi connectivity index (χ0v) is 13.8. The largest absolute Gasteiger partial charge is 0.352 e. The van der Waals surface area contributed by atoms with E-state index in [9.17, 15) is 9.18 Å². The number of fused-ring (bicyclic) bond motifs is 3. The van der Waals surface area contributed by atoms with Gasteiger partial charge in [-0.3, -0.25) is 4.79 Å². The molecule has 2 aromatic carbocycles. The molecule has 124 valence electrons. The molecular weight excluding hydrogens is 341 g/mol. The van der Waals surface area contributed by atoms with Gasteiger partial charge in [0.25, 0.3) is 5.91 Å². The van der Waals surface area contributed by atoms with E-state index >= 15 is 0 Å². The number of H-pyrrole nitrogens is 1. The Balaban J connectivity index is 1.67. The third kappa shape index (κ3) is 2.94. The molecule has 0 bridgehead atoms. The van der Waals surface area contributed by atoms with Crippen LogP contribution in [-0.2, 0) is 6.54 Å². The number of halogens is 2. The lowest BCUT2D eigenvalue weighted by atomic mass is 10.1. The molecule has 25 heavy (non-hydrogen) atoms. The summed E-state index contributed by atoms with van der Waals surface area (Å²) in [7, 11) is 0. The van der Waals surface area contributed by atoms with Gasteiger partial charge in [-0.2, -0.15) is 0 Å². The maximum atomic E-state index is 13.4. The van der Waals surface area contributed by atoms with E-state index in [1.54, 1.807) is 24.4 Å². The smallest absolute Gasteiger partial charge is 0.272 e. The van der Waals surface area contributed by atoms with Crippen LogP contribution in [0.4, 0.5) is 4.39 Å². The number of carbonyl (C=O) groups is 1. The summed E-state index contributed by atoms with van der Waals surface area (Å²) in [6.07, 6.45) is 1.58. The Labute approximate surface area is 147 Å². The fourth-order valence-corrected chi connectivity index (χ4v) is 2.97. The number of benzene rings is 2. The van der Waals surface area contributed by atoms with Crippen molar-refractivity contribution in [1.82, 2.24) is 15.3 Å². The number of aromatic nitrogens is 2. The summed E-state index contributed by atoms with van der Waals surface area (Å²) in [6, 6.07) is 13.6. The molecule has 0 unspecified atom stereocenters. The highest BCUT2D eigenvalue weighted by Gasteiger charge is 2.15. The van der Waals surface area contributed by atoms with Crippen LogP contribution in [-0.4, -0.2) is 15.9 Å². The van der Waals surface area contributed by atoms with E-state index in [1.165, 1.54) is 12.1 Å². The summed E-state index contributed by atoms with van der Waals surface area (Å²) in [5.41, 5.74) is 2.44. The first-order valence-electron chi connectivity index (χ1n) is 7.70. The van der Waals surface area contributed by atoms with Crippen LogP contribution in [0.25, 0.3) is 21.8 Å². The Morgan fingerprint density at radius 2 is 1.92 bits per heavy atom. The van der Waals surface area contributed by atoms with Gasteiger partial charge in [0, 0.05) is 34.1 Å². The Kier molecular flexibility index (Phi) is 3.86. The SMILES string of the molecule is O=C(NCc1ccc(Cl)cc1)c1nccc2c1[nH]c1cc(F)ccc12. The molecule has 2 aromatic heterocycles. The summed E-state index contributed by atoms with van der Waals surface area (Å²) < 4.78 is 13.4. The van der Waals surface area contributed by atoms with E-state index in [1.807, 2.05) is 18.2 Å². The Morgan fingerprint density at radius 1 is 1.12 bits per heavy atom. The predicted octanol–water partition coefficient (Wildman–Crippen LogP) is 4.44. The van der Waals surface area contributed by atoms with Crippen molar-refractivity contribution in [2.75, 3.05) is 0 Å². The van der Waals surface area contributed by atoms with E-state index in [4.69, 9.17) is 11.6 Å². The number of nitrogens with one attached hydrogen (secondary N) is 2. The molecule has 4 rings (SSSR count). The number of nitrogens with zero attached hydrogens (tertiary/aromatic N) is 1. The van der Waals surface area contributed by atoms with Crippen LogP contribution in [0.2, 0.25) is 5.02 Å². The second kappa shape index (κ2) is 6.18. The average Bonchev–Trinajstić information content (AvgIpc) is 2.98. The van der Waals surface area contributed by atoms with Crippen molar-refractivity contribution in [2.45, 2.75) is 6.54 Å². The first-order chi connectivity index (χ1) is 12.1. The molecule has 1 amide bonds. The number of rotatable bonds is 3. The van der Waals surface area contributed by atoms with Gasteiger partial charge in [0.15, 0.2) is 5.69 Å². The Hall–Kier alpha value is -2.92. The molecule has 0 atom stereocenters. The van der Waals surface area contributed by atoms with Crippen LogP contribution in [0.5, 0.6) is 0 Å². The molecule has 0 spiro atoms. The third-order valence-electron chi connectivity index (χ3n) is 4.06. The topological polar surface area (TPSA) is 57.8 Å². The average molecular weight is 354 g/mol. The third-order valence-corrected chi connectivity index (χ3v) is 4.32. The number of carbonyl (C=O) groups excluding carboxylic acids is 1. The molecule has 0 aliphatic rings. The normalized spacial score (nSPS) is 11.1. The van der Waals surface area contributed by atoms with Gasteiger partial charge in [0.05, 0.1) is 5.52 Å². The molecule has 0 fully saturated rings. The van der Waals surface area contributed by atoms with Gasteiger partial charge in [0.1, 0.15) is 5.82 Å². The van der Waals surface area contributed by atoms with Crippen LogP contribution in [0.3, 0.4) is 0 Å². The summed E-state index contributed by atoms with van der Waals surface area (Å²) in [5, 5.41) is 5.18. The van der Waals surface area contributed by atoms with E-state index < -0.39 is 0 Å². The maximum absolute atomic E-state index is 13.4. The lowest BCUT2D eigenvalue weighted by molar-refractivity contribution is 0.0947. The molecule has 2 heterocycles. The highest BCUT2D eigenvalue weighted by atomic mass is 35.5. The number of aromatic amines is 1. The first kappa shape index (κ1) is 15.6. The summed E-state index contributed by atoms with van der Waals surface area (Å²) >= 11 is 5.86. The molecule has 4 nitrogen and oxygen atoms in total. The number of hydrogen-bond acceptors (Lipinski definition) is 2. The minimum Gasteiger partial charge on any atom is -0.352 e. The zero-order valence-electron chi connectivity index (χ0n) is 13.0. The van der Waals surface area contributed by atoms with Crippen LogP contribution < -0.4 is 5.32 Å². The lowest BCUT2D eigenvalue weighted by Crippen LogP contribution is -2.24. The zero-order chi connectivity index (χ0) is 17.4. The highest BCUT2D eigenvalue weighted by Crippen LogP contribution is 2.27. The van der Waals surface area contributed by atoms with Crippen LogP contribution >= 0.6 is 11.6 Å². The van der Waals surface area contributed by atoms with E-state index in [0.29, 0.717) is 22.6 Å². The quantitative estimate of drug-likeness (QED) is 0.572. The van der Waals surface area contributed by atoms with Gasteiger partial charge in [0.2, 0.25) is 0 Å². The van der Waals surface area contributed by atoms with E-state index in [0.717, 1.165) is 16.3 Å². The fraction of sp³-hybridized carbons (Fsp3) is 0.0526. The molecule has 0 radical (unpaired) electrons. The second-order valence-corrected chi connectivity index (χ2v) is 6.14. The fourth-order valence-electron chi connectivity index (χ4n) is 2.84. The number of hydrogen-bond donors (Lipinski definition) is 2. The van der Waals surface area contributed by atoms with Gasteiger partial charge < -0.3 is 10.3 Å². The predicted molar refractivity (Wildman–Crippen MR) is 96.2 cm³/mol. The van der Waals surface area contributed by atoms with Crippen LogP contribution in [0.15, 0.2) is 54.7 Å². The van der Waals surface area contributed by atoms with Gasteiger partial charge >= 0.3 is 0 Å². The molecule has 0 aliphatic carbocycles. The van der Waals surface area contributed by atoms with Crippen molar-refractivity contribution in [3.63, 3.8) is 0 Å².